The Kier molecular flexibility index (Phi) is 5.44. The molecular weight excluding hydrogens is 326 g/mol. The molecule has 2 fully saturated rings. The molecule has 0 bridgehead atoms. The molecule has 0 aromatic heterocycles. The number of fused-ring (bicyclic) bond motifs is 1. The maximum Gasteiger partial charge on any atom is 0.307 e. The van der Waals surface area contributed by atoms with Gasteiger partial charge in [0.25, 0.3) is 0 Å². The van der Waals surface area contributed by atoms with Crippen molar-refractivity contribution in [2.24, 2.45) is 17.8 Å². The van der Waals surface area contributed by atoms with E-state index in [0.29, 0.717) is 23.3 Å². The summed E-state index contributed by atoms with van der Waals surface area (Å²) in [5.41, 5.74) is 0.787. The molecule has 1 saturated heterocycles. The topological polar surface area (TPSA) is 57.6 Å². The first-order valence-electron chi connectivity index (χ1n) is 8.78. The van der Waals surface area contributed by atoms with Crippen LogP contribution in [0.5, 0.6) is 0 Å². The van der Waals surface area contributed by atoms with Gasteiger partial charge in [-0.05, 0) is 42.7 Å². The second-order valence-electron chi connectivity index (χ2n) is 7.14. The summed E-state index contributed by atoms with van der Waals surface area (Å²) in [5, 5.41) is 10.1. The van der Waals surface area contributed by atoms with Crippen LogP contribution in [-0.4, -0.2) is 35.0 Å². The fraction of sp³-hybridized carbons (Fsp3) is 0.579. The van der Waals surface area contributed by atoms with Crippen LogP contribution in [0.2, 0.25) is 5.02 Å². The Hall–Kier alpha value is -1.55. The first-order valence-corrected chi connectivity index (χ1v) is 9.16. The quantitative estimate of drug-likeness (QED) is 0.883. The molecule has 1 unspecified atom stereocenters. The number of hydrogen-bond donors (Lipinski definition) is 1. The Labute approximate surface area is 147 Å². The number of carbonyl (C=O) groups excluding carboxylic acids is 1. The van der Waals surface area contributed by atoms with E-state index in [9.17, 15) is 14.7 Å². The fourth-order valence-electron chi connectivity index (χ4n) is 4.13. The minimum atomic E-state index is -0.931. The Balaban J connectivity index is 1.62. The minimum Gasteiger partial charge on any atom is -0.481 e. The van der Waals surface area contributed by atoms with E-state index in [1.807, 2.05) is 23.1 Å². The number of rotatable bonds is 5. The van der Waals surface area contributed by atoms with Gasteiger partial charge in [0.2, 0.25) is 5.91 Å². The van der Waals surface area contributed by atoms with Gasteiger partial charge in [-0.25, -0.2) is 0 Å². The predicted molar refractivity (Wildman–Crippen MR) is 92.9 cm³/mol. The number of aliphatic carboxylic acids is 1. The average Bonchev–Trinajstić information content (AvgIpc) is 3.00. The maximum atomic E-state index is 12.6. The Morgan fingerprint density at radius 3 is 2.38 bits per heavy atom. The zero-order chi connectivity index (χ0) is 17.1. The van der Waals surface area contributed by atoms with Gasteiger partial charge in [0, 0.05) is 24.5 Å². The summed E-state index contributed by atoms with van der Waals surface area (Å²) in [4.78, 5) is 26.1. The van der Waals surface area contributed by atoms with Crippen molar-refractivity contribution in [2.45, 2.75) is 38.5 Å². The first-order chi connectivity index (χ1) is 11.5. The van der Waals surface area contributed by atoms with E-state index in [1.54, 1.807) is 6.07 Å². The van der Waals surface area contributed by atoms with E-state index in [0.717, 1.165) is 18.7 Å². The molecule has 1 aliphatic heterocycles. The molecule has 3 atom stereocenters. The second kappa shape index (κ2) is 7.56. The summed E-state index contributed by atoms with van der Waals surface area (Å²) in [6.07, 6.45) is 5.27. The van der Waals surface area contributed by atoms with E-state index in [1.165, 1.54) is 25.7 Å². The molecule has 5 heteroatoms. The lowest BCUT2D eigenvalue weighted by Gasteiger charge is -2.22. The lowest BCUT2D eigenvalue weighted by molar-refractivity contribution is -0.145. The molecule has 1 saturated carbocycles. The number of nitrogens with zero attached hydrogens (tertiary/aromatic N) is 1. The van der Waals surface area contributed by atoms with Crippen LogP contribution in [-0.2, 0) is 16.0 Å². The molecule has 24 heavy (non-hydrogen) atoms. The van der Waals surface area contributed by atoms with Crippen LogP contribution < -0.4 is 0 Å². The zero-order valence-corrected chi connectivity index (χ0v) is 14.5. The molecule has 1 heterocycles. The predicted octanol–water partition coefficient (Wildman–Crippen LogP) is 3.62. The van der Waals surface area contributed by atoms with Crippen LogP contribution in [0.15, 0.2) is 24.3 Å². The highest BCUT2D eigenvalue weighted by atomic mass is 35.5. The molecule has 130 valence electrons. The van der Waals surface area contributed by atoms with Crippen molar-refractivity contribution in [1.82, 2.24) is 4.90 Å². The standard InChI is InChI=1S/C19H24ClNO3/c20-17-8-4-3-5-13(17)9-16(19(23)24)10-18(22)21-11-14-6-1-2-7-15(14)12-21/h3-5,8,14-16H,1-2,6-7,9-12H2,(H,23,24)/t14-,15+,16?. The van der Waals surface area contributed by atoms with E-state index in [4.69, 9.17) is 11.6 Å². The number of carboxylic acids is 1. The number of carbonyl (C=O) groups is 2. The number of amides is 1. The molecule has 0 radical (unpaired) electrons. The van der Waals surface area contributed by atoms with Gasteiger partial charge in [-0.2, -0.15) is 0 Å². The van der Waals surface area contributed by atoms with Gasteiger partial charge in [-0.15, -0.1) is 0 Å². The van der Waals surface area contributed by atoms with Crippen molar-refractivity contribution in [3.05, 3.63) is 34.9 Å². The largest absolute Gasteiger partial charge is 0.481 e. The lowest BCUT2D eigenvalue weighted by Crippen LogP contribution is -2.33. The van der Waals surface area contributed by atoms with Gasteiger partial charge in [-0.3, -0.25) is 9.59 Å². The minimum absolute atomic E-state index is 0.0242. The van der Waals surface area contributed by atoms with E-state index in [2.05, 4.69) is 0 Å². The number of benzene rings is 1. The molecule has 1 aliphatic carbocycles. The maximum absolute atomic E-state index is 12.6. The van der Waals surface area contributed by atoms with Crippen LogP contribution in [0.3, 0.4) is 0 Å². The van der Waals surface area contributed by atoms with E-state index in [-0.39, 0.29) is 12.3 Å². The Morgan fingerprint density at radius 1 is 1.17 bits per heavy atom. The second-order valence-corrected chi connectivity index (χ2v) is 7.55. The smallest absolute Gasteiger partial charge is 0.307 e. The van der Waals surface area contributed by atoms with E-state index >= 15 is 0 Å². The van der Waals surface area contributed by atoms with Gasteiger partial charge >= 0.3 is 5.97 Å². The summed E-state index contributed by atoms with van der Waals surface area (Å²) in [6.45, 7) is 1.61. The van der Waals surface area contributed by atoms with Crippen molar-refractivity contribution >= 4 is 23.5 Å². The Bertz CT molecular complexity index is 604. The van der Waals surface area contributed by atoms with Crippen molar-refractivity contribution in [2.75, 3.05) is 13.1 Å². The zero-order valence-electron chi connectivity index (χ0n) is 13.8. The van der Waals surface area contributed by atoms with Crippen LogP contribution in [0.1, 0.15) is 37.7 Å². The number of hydrogen-bond acceptors (Lipinski definition) is 2. The van der Waals surface area contributed by atoms with Gasteiger partial charge in [-0.1, -0.05) is 42.6 Å². The lowest BCUT2D eigenvalue weighted by atomic mass is 9.82. The van der Waals surface area contributed by atoms with Crippen molar-refractivity contribution in [3.63, 3.8) is 0 Å². The highest BCUT2D eigenvalue weighted by Gasteiger charge is 2.37. The summed E-state index contributed by atoms with van der Waals surface area (Å²) in [7, 11) is 0. The third kappa shape index (κ3) is 3.92. The van der Waals surface area contributed by atoms with Gasteiger partial charge in [0.05, 0.1) is 5.92 Å². The van der Waals surface area contributed by atoms with Crippen LogP contribution in [0.4, 0.5) is 0 Å². The monoisotopic (exact) mass is 349 g/mol. The van der Waals surface area contributed by atoms with Gasteiger partial charge < -0.3 is 10.0 Å². The molecule has 1 aromatic rings. The fourth-order valence-corrected chi connectivity index (χ4v) is 4.34. The SMILES string of the molecule is O=C(O)C(CC(=O)N1C[C@H]2CCCC[C@H]2C1)Cc1ccccc1Cl. The third-order valence-electron chi connectivity index (χ3n) is 5.52. The average molecular weight is 350 g/mol. The molecule has 2 aliphatic rings. The summed E-state index contributed by atoms with van der Waals surface area (Å²) in [6, 6.07) is 7.24. The Morgan fingerprint density at radius 2 is 1.79 bits per heavy atom. The summed E-state index contributed by atoms with van der Waals surface area (Å²) < 4.78 is 0. The highest BCUT2D eigenvalue weighted by molar-refractivity contribution is 6.31. The van der Waals surface area contributed by atoms with Crippen LogP contribution >= 0.6 is 11.6 Å². The molecule has 0 spiro atoms. The van der Waals surface area contributed by atoms with Crippen molar-refractivity contribution < 1.29 is 14.7 Å². The summed E-state index contributed by atoms with van der Waals surface area (Å²) >= 11 is 6.13. The van der Waals surface area contributed by atoms with Crippen LogP contribution in [0, 0.1) is 17.8 Å². The molecular formula is C19H24ClNO3. The number of likely N-dealkylation sites (tertiary alicyclic amines) is 1. The molecule has 3 rings (SSSR count). The number of carboxylic acid groups (broad SMARTS) is 1. The van der Waals surface area contributed by atoms with Crippen molar-refractivity contribution in [3.8, 4) is 0 Å². The van der Waals surface area contributed by atoms with Crippen molar-refractivity contribution in [1.29, 1.82) is 0 Å². The molecule has 4 nitrogen and oxygen atoms in total. The molecule has 1 aromatic carbocycles. The normalized spacial score (nSPS) is 24.5. The summed E-state index contributed by atoms with van der Waals surface area (Å²) in [5.74, 6) is -0.437. The number of halogens is 1. The van der Waals surface area contributed by atoms with Crippen LogP contribution in [0.25, 0.3) is 0 Å². The first kappa shape index (κ1) is 17.3. The highest BCUT2D eigenvalue weighted by Crippen LogP contribution is 2.36. The third-order valence-corrected chi connectivity index (χ3v) is 5.89. The van der Waals surface area contributed by atoms with Gasteiger partial charge in [0.1, 0.15) is 0 Å². The van der Waals surface area contributed by atoms with E-state index < -0.39 is 11.9 Å². The molecule has 1 amide bonds. The molecule has 1 N–H and O–H groups in total. The van der Waals surface area contributed by atoms with Gasteiger partial charge in [0.15, 0.2) is 0 Å².